The molecule has 0 aliphatic rings. The van der Waals surface area contributed by atoms with Crippen molar-refractivity contribution in [1.82, 2.24) is 9.97 Å². The highest BCUT2D eigenvalue weighted by Crippen LogP contribution is 2.26. The molecule has 0 aliphatic heterocycles. The number of aliphatic hydroxyl groups excluding tert-OH is 1. The Hall–Kier alpha value is -1.66. The predicted octanol–water partition coefficient (Wildman–Crippen LogP) is 2.30. The third kappa shape index (κ3) is 3.18. The lowest BCUT2D eigenvalue weighted by molar-refractivity contribution is 0.311. The Bertz CT molecular complexity index is 527. The van der Waals surface area contributed by atoms with E-state index in [-0.39, 0.29) is 6.61 Å². The molecular weight excluding hydrogens is 248 g/mol. The highest BCUT2D eigenvalue weighted by molar-refractivity contribution is 7.14. The Kier molecular flexibility index (Phi) is 4.11. The fourth-order valence-corrected chi connectivity index (χ4v) is 2.35. The summed E-state index contributed by atoms with van der Waals surface area (Å²) in [5, 5.41) is 18.2. The first-order valence-corrected chi connectivity index (χ1v) is 6.58. The second-order valence-electron chi connectivity index (χ2n) is 3.89. The molecule has 0 fully saturated rings. The maximum atomic E-state index is 8.79. The zero-order valence-corrected chi connectivity index (χ0v) is 11.2. The minimum Gasteiger partial charge on any atom is -0.395 e. The highest BCUT2D eigenvalue weighted by atomic mass is 32.1. The molecular formula is C12H16N4OS. The van der Waals surface area contributed by atoms with Crippen molar-refractivity contribution in [3.8, 4) is 0 Å². The molecule has 3 N–H and O–H groups in total. The minimum absolute atomic E-state index is 0.0792. The van der Waals surface area contributed by atoms with Gasteiger partial charge in [0.2, 0.25) is 0 Å². The van der Waals surface area contributed by atoms with Gasteiger partial charge in [-0.15, -0.1) is 11.3 Å². The number of aromatic nitrogens is 2. The van der Waals surface area contributed by atoms with Crippen LogP contribution in [0, 0.1) is 13.8 Å². The van der Waals surface area contributed by atoms with Gasteiger partial charge in [-0.2, -0.15) is 0 Å². The summed E-state index contributed by atoms with van der Waals surface area (Å²) in [6.07, 6.45) is 0. The van der Waals surface area contributed by atoms with Gasteiger partial charge in [0.1, 0.15) is 17.5 Å². The standard InChI is InChI=1S/C12H16N4OS/c1-8-3-6-18-12(8)16-11-7-10(13-4-5-17)14-9(2)15-11/h3,6-7,17H,4-5H2,1-2H3,(H2,13,14,15,16). The van der Waals surface area contributed by atoms with E-state index in [0.717, 1.165) is 10.8 Å². The van der Waals surface area contributed by atoms with Gasteiger partial charge in [0, 0.05) is 12.6 Å². The molecule has 18 heavy (non-hydrogen) atoms. The van der Waals surface area contributed by atoms with Gasteiger partial charge < -0.3 is 15.7 Å². The number of rotatable bonds is 5. The third-order valence-electron chi connectivity index (χ3n) is 2.36. The molecule has 5 nitrogen and oxygen atoms in total. The topological polar surface area (TPSA) is 70.1 Å². The van der Waals surface area contributed by atoms with E-state index in [9.17, 15) is 0 Å². The summed E-state index contributed by atoms with van der Waals surface area (Å²) in [5.41, 5.74) is 1.20. The quantitative estimate of drug-likeness (QED) is 0.773. The van der Waals surface area contributed by atoms with E-state index in [1.165, 1.54) is 5.56 Å². The molecule has 0 spiro atoms. The van der Waals surface area contributed by atoms with Gasteiger partial charge in [-0.05, 0) is 30.9 Å². The summed E-state index contributed by atoms with van der Waals surface area (Å²) in [6.45, 7) is 4.46. The Morgan fingerprint density at radius 1 is 1.28 bits per heavy atom. The van der Waals surface area contributed by atoms with Crippen molar-refractivity contribution < 1.29 is 5.11 Å². The normalized spacial score (nSPS) is 10.4. The van der Waals surface area contributed by atoms with Crippen LogP contribution in [0.2, 0.25) is 0 Å². The summed E-state index contributed by atoms with van der Waals surface area (Å²) in [6, 6.07) is 3.90. The number of thiophene rings is 1. The van der Waals surface area contributed by atoms with Crippen LogP contribution in [0.3, 0.4) is 0 Å². The van der Waals surface area contributed by atoms with Crippen LogP contribution in [-0.4, -0.2) is 28.2 Å². The Morgan fingerprint density at radius 3 is 2.72 bits per heavy atom. The molecule has 96 valence electrons. The van der Waals surface area contributed by atoms with E-state index >= 15 is 0 Å². The molecule has 2 heterocycles. The zero-order chi connectivity index (χ0) is 13.0. The molecule has 0 aromatic carbocycles. The van der Waals surface area contributed by atoms with Crippen molar-refractivity contribution >= 4 is 28.0 Å². The molecule has 0 atom stereocenters. The summed E-state index contributed by atoms with van der Waals surface area (Å²) < 4.78 is 0. The summed E-state index contributed by atoms with van der Waals surface area (Å²) in [5.74, 6) is 2.16. The van der Waals surface area contributed by atoms with Crippen LogP contribution in [0.5, 0.6) is 0 Å². The van der Waals surface area contributed by atoms with Crippen LogP contribution < -0.4 is 10.6 Å². The first kappa shape index (κ1) is 12.8. The fourth-order valence-electron chi connectivity index (χ4n) is 1.52. The molecule has 6 heteroatoms. The highest BCUT2D eigenvalue weighted by Gasteiger charge is 2.04. The third-order valence-corrected chi connectivity index (χ3v) is 3.29. The molecule has 0 unspecified atom stereocenters. The number of nitrogens with zero attached hydrogens (tertiary/aromatic N) is 2. The molecule has 0 radical (unpaired) electrons. The summed E-state index contributed by atoms with van der Waals surface area (Å²) >= 11 is 1.64. The molecule has 2 aromatic rings. The first-order valence-electron chi connectivity index (χ1n) is 5.70. The van der Waals surface area contributed by atoms with Crippen molar-refractivity contribution in [3.63, 3.8) is 0 Å². The van der Waals surface area contributed by atoms with Crippen LogP contribution in [-0.2, 0) is 0 Å². The zero-order valence-electron chi connectivity index (χ0n) is 10.4. The molecule has 0 bridgehead atoms. The van der Waals surface area contributed by atoms with Crippen molar-refractivity contribution in [2.45, 2.75) is 13.8 Å². The Morgan fingerprint density at radius 2 is 2.06 bits per heavy atom. The van der Waals surface area contributed by atoms with Crippen molar-refractivity contribution in [1.29, 1.82) is 0 Å². The van der Waals surface area contributed by atoms with Gasteiger partial charge in [0.05, 0.1) is 11.6 Å². The van der Waals surface area contributed by atoms with Crippen molar-refractivity contribution in [2.75, 3.05) is 23.8 Å². The van der Waals surface area contributed by atoms with Gasteiger partial charge in [0.25, 0.3) is 0 Å². The van der Waals surface area contributed by atoms with Gasteiger partial charge in [0.15, 0.2) is 0 Å². The number of anilines is 3. The minimum atomic E-state index is 0.0792. The van der Waals surface area contributed by atoms with Crippen LogP contribution in [0.15, 0.2) is 17.5 Å². The fraction of sp³-hybridized carbons (Fsp3) is 0.333. The Labute approximate surface area is 110 Å². The summed E-state index contributed by atoms with van der Waals surface area (Å²) in [7, 11) is 0. The molecule has 0 saturated carbocycles. The van der Waals surface area contributed by atoms with E-state index < -0.39 is 0 Å². The second kappa shape index (κ2) is 5.79. The predicted molar refractivity (Wildman–Crippen MR) is 74.7 cm³/mol. The van der Waals surface area contributed by atoms with Crippen LogP contribution in [0.4, 0.5) is 16.6 Å². The van der Waals surface area contributed by atoms with E-state index in [4.69, 9.17) is 5.11 Å². The monoisotopic (exact) mass is 264 g/mol. The second-order valence-corrected chi connectivity index (χ2v) is 4.81. The van der Waals surface area contributed by atoms with Gasteiger partial charge >= 0.3 is 0 Å². The lowest BCUT2D eigenvalue weighted by atomic mass is 10.3. The smallest absolute Gasteiger partial charge is 0.136 e. The number of hydrogen-bond donors (Lipinski definition) is 3. The van der Waals surface area contributed by atoms with Crippen LogP contribution in [0.1, 0.15) is 11.4 Å². The number of aliphatic hydroxyl groups is 1. The lowest BCUT2D eigenvalue weighted by Crippen LogP contribution is -2.08. The average molecular weight is 264 g/mol. The van der Waals surface area contributed by atoms with Gasteiger partial charge in [-0.3, -0.25) is 0 Å². The van der Waals surface area contributed by atoms with Crippen LogP contribution >= 0.6 is 11.3 Å². The SMILES string of the molecule is Cc1nc(NCCO)cc(Nc2sccc2C)n1. The molecule has 2 rings (SSSR count). The van der Waals surface area contributed by atoms with E-state index in [1.54, 1.807) is 11.3 Å². The van der Waals surface area contributed by atoms with E-state index in [1.807, 2.05) is 18.4 Å². The maximum Gasteiger partial charge on any atom is 0.136 e. The number of nitrogens with one attached hydrogen (secondary N) is 2. The van der Waals surface area contributed by atoms with E-state index in [0.29, 0.717) is 18.2 Å². The molecule has 0 saturated heterocycles. The average Bonchev–Trinajstić information content (AvgIpc) is 2.72. The number of hydrogen-bond acceptors (Lipinski definition) is 6. The Balaban J connectivity index is 2.17. The molecule has 0 aliphatic carbocycles. The van der Waals surface area contributed by atoms with E-state index in [2.05, 4.69) is 33.6 Å². The summed E-state index contributed by atoms with van der Waals surface area (Å²) in [4.78, 5) is 8.59. The van der Waals surface area contributed by atoms with Crippen LogP contribution in [0.25, 0.3) is 0 Å². The van der Waals surface area contributed by atoms with Gasteiger partial charge in [-0.1, -0.05) is 0 Å². The maximum absolute atomic E-state index is 8.79. The molecule has 0 amide bonds. The first-order chi connectivity index (χ1) is 8.69. The van der Waals surface area contributed by atoms with Gasteiger partial charge in [-0.25, -0.2) is 9.97 Å². The van der Waals surface area contributed by atoms with Crippen molar-refractivity contribution in [3.05, 3.63) is 28.9 Å². The van der Waals surface area contributed by atoms with Crippen molar-refractivity contribution in [2.24, 2.45) is 0 Å². The number of aryl methyl sites for hydroxylation is 2. The lowest BCUT2D eigenvalue weighted by Gasteiger charge is -2.09. The molecule has 2 aromatic heterocycles. The largest absolute Gasteiger partial charge is 0.395 e.